The first-order valence-electron chi connectivity index (χ1n) is 10.9. The molecule has 0 spiro atoms. The average Bonchev–Trinajstić information content (AvgIpc) is 2.79. The van der Waals surface area contributed by atoms with Gasteiger partial charge in [-0.05, 0) is 61.4 Å². The summed E-state index contributed by atoms with van der Waals surface area (Å²) in [5.74, 6) is 0.468. The van der Waals surface area contributed by atoms with E-state index in [-0.39, 0.29) is 10.8 Å². The molecule has 0 aliphatic carbocycles. The van der Waals surface area contributed by atoms with Gasteiger partial charge in [-0.2, -0.15) is 4.31 Å². The standard InChI is InChI=1S/C24H32N2O3S/c1-3-16-26(17-4-2)30(28,29)23-12-10-22(11-13-23)24(27)25-18-14-21(15-19-25)20-8-6-5-7-9-20/h5-13,21H,3-4,14-19H2,1-2H3. The van der Waals surface area contributed by atoms with E-state index < -0.39 is 10.0 Å². The molecule has 5 nitrogen and oxygen atoms in total. The second-order valence-corrected chi connectivity index (χ2v) is 9.84. The van der Waals surface area contributed by atoms with Gasteiger partial charge < -0.3 is 4.90 Å². The zero-order valence-corrected chi connectivity index (χ0v) is 18.8. The van der Waals surface area contributed by atoms with Crippen molar-refractivity contribution in [3.8, 4) is 0 Å². The van der Waals surface area contributed by atoms with E-state index in [9.17, 15) is 13.2 Å². The first-order chi connectivity index (χ1) is 14.5. The van der Waals surface area contributed by atoms with Crippen LogP contribution in [0.1, 0.15) is 61.4 Å². The molecular formula is C24H32N2O3S. The number of rotatable bonds is 8. The number of benzene rings is 2. The molecule has 2 aromatic rings. The molecule has 1 aliphatic heterocycles. The molecule has 1 saturated heterocycles. The summed E-state index contributed by atoms with van der Waals surface area (Å²) in [6.07, 6.45) is 3.44. The van der Waals surface area contributed by atoms with Gasteiger partial charge in [0, 0.05) is 31.7 Å². The zero-order chi connectivity index (χ0) is 21.6. The Balaban J connectivity index is 1.65. The van der Waals surface area contributed by atoms with Crippen molar-refractivity contribution in [2.45, 2.75) is 50.3 Å². The van der Waals surface area contributed by atoms with Gasteiger partial charge in [-0.3, -0.25) is 4.79 Å². The molecule has 162 valence electrons. The van der Waals surface area contributed by atoms with Gasteiger partial charge in [0.2, 0.25) is 10.0 Å². The van der Waals surface area contributed by atoms with Crippen LogP contribution in [0.5, 0.6) is 0 Å². The van der Waals surface area contributed by atoms with E-state index in [0.29, 0.717) is 24.6 Å². The summed E-state index contributed by atoms with van der Waals surface area (Å²) in [5, 5.41) is 0. The molecule has 0 N–H and O–H groups in total. The molecule has 2 aromatic carbocycles. The number of sulfonamides is 1. The third-order valence-electron chi connectivity index (χ3n) is 5.74. The minimum absolute atomic E-state index is 0.0237. The predicted molar refractivity (Wildman–Crippen MR) is 120 cm³/mol. The third kappa shape index (κ3) is 5.10. The molecule has 0 atom stereocenters. The second-order valence-electron chi connectivity index (χ2n) is 7.91. The lowest BCUT2D eigenvalue weighted by molar-refractivity contribution is 0.0713. The van der Waals surface area contributed by atoms with E-state index in [1.54, 1.807) is 24.3 Å². The van der Waals surface area contributed by atoms with Crippen LogP contribution in [0.3, 0.4) is 0 Å². The summed E-state index contributed by atoms with van der Waals surface area (Å²) in [6, 6.07) is 16.9. The Labute approximate surface area is 180 Å². The van der Waals surface area contributed by atoms with Crippen molar-refractivity contribution in [2.75, 3.05) is 26.2 Å². The molecule has 1 heterocycles. The second kappa shape index (κ2) is 10.2. The number of likely N-dealkylation sites (tertiary alicyclic amines) is 1. The molecule has 0 radical (unpaired) electrons. The Morgan fingerprint density at radius 2 is 1.50 bits per heavy atom. The van der Waals surface area contributed by atoms with Crippen LogP contribution in [-0.2, 0) is 10.0 Å². The predicted octanol–water partition coefficient (Wildman–Crippen LogP) is 4.52. The quantitative estimate of drug-likeness (QED) is 0.621. The van der Waals surface area contributed by atoms with Crippen molar-refractivity contribution in [3.63, 3.8) is 0 Å². The van der Waals surface area contributed by atoms with Gasteiger partial charge in [-0.25, -0.2) is 8.42 Å². The third-order valence-corrected chi connectivity index (χ3v) is 7.65. The highest BCUT2D eigenvalue weighted by Crippen LogP contribution is 2.28. The van der Waals surface area contributed by atoms with Crippen LogP contribution in [0, 0.1) is 0 Å². The summed E-state index contributed by atoms with van der Waals surface area (Å²) in [7, 11) is -3.52. The molecule has 0 aromatic heterocycles. The lowest BCUT2D eigenvalue weighted by atomic mass is 9.89. The highest BCUT2D eigenvalue weighted by Gasteiger charge is 2.26. The minimum Gasteiger partial charge on any atom is -0.339 e. The Kier molecular flexibility index (Phi) is 7.67. The fraction of sp³-hybridized carbons (Fsp3) is 0.458. The van der Waals surface area contributed by atoms with Gasteiger partial charge in [-0.15, -0.1) is 0 Å². The highest BCUT2D eigenvalue weighted by molar-refractivity contribution is 7.89. The number of hydrogen-bond donors (Lipinski definition) is 0. The normalized spacial score (nSPS) is 15.5. The largest absolute Gasteiger partial charge is 0.339 e. The maximum atomic E-state index is 12.9. The molecule has 30 heavy (non-hydrogen) atoms. The van der Waals surface area contributed by atoms with Crippen LogP contribution in [0.25, 0.3) is 0 Å². The Hall–Kier alpha value is -2.18. The highest BCUT2D eigenvalue weighted by atomic mass is 32.2. The number of piperidine rings is 1. The topological polar surface area (TPSA) is 57.7 Å². The molecule has 1 fully saturated rings. The van der Waals surface area contributed by atoms with Gasteiger partial charge in [0.1, 0.15) is 0 Å². The molecule has 1 aliphatic rings. The van der Waals surface area contributed by atoms with Crippen LogP contribution < -0.4 is 0 Å². The fourth-order valence-electron chi connectivity index (χ4n) is 4.09. The first-order valence-corrected chi connectivity index (χ1v) is 12.4. The van der Waals surface area contributed by atoms with Crippen molar-refractivity contribution in [3.05, 3.63) is 65.7 Å². The molecule has 0 unspecified atom stereocenters. The van der Waals surface area contributed by atoms with Gasteiger partial charge in [0.15, 0.2) is 0 Å². The number of amides is 1. The SMILES string of the molecule is CCCN(CCC)S(=O)(=O)c1ccc(C(=O)N2CCC(c3ccccc3)CC2)cc1. The summed E-state index contributed by atoms with van der Waals surface area (Å²) >= 11 is 0. The monoisotopic (exact) mass is 428 g/mol. The van der Waals surface area contributed by atoms with E-state index in [1.165, 1.54) is 9.87 Å². The van der Waals surface area contributed by atoms with Crippen LogP contribution in [0.15, 0.2) is 59.5 Å². The minimum atomic E-state index is -3.52. The number of hydrogen-bond acceptors (Lipinski definition) is 3. The first kappa shape index (κ1) is 22.5. The van der Waals surface area contributed by atoms with Crippen molar-refractivity contribution < 1.29 is 13.2 Å². The van der Waals surface area contributed by atoms with Gasteiger partial charge in [0.05, 0.1) is 4.90 Å². The Morgan fingerprint density at radius 1 is 0.933 bits per heavy atom. The summed E-state index contributed by atoms with van der Waals surface area (Å²) in [4.78, 5) is 15.0. The van der Waals surface area contributed by atoms with E-state index in [2.05, 4.69) is 24.3 Å². The molecule has 1 amide bonds. The average molecular weight is 429 g/mol. The van der Waals surface area contributed by atoms with Gasteiger partial charge in [-0.1, -0.05) is 44.2 Å². The fourth-order valence-corrected chi connectivity index (χ4v) is 5.72. The van der Waals surface area contributed by atoms with Crippen molar-refractivity contribution >= 4 is 15.9 Å². The van der Waals surface area contributed by atoms with E-state index in [1.807, 2.05) is 24.8 Å². The summed E-state index contributed by atoms with van der Waals surface area (Å²) in [5.41, 5.74) is 1.88. The Bertz CT molecular complexity index is 913. The molecular weight excluding hydrogens is 396 g/mol. The van der Waals surface area contributed by atoms with Crippen molar-refractivity contribution in [1.29, 1.82) is 0 Å². The zero-order valence-electron chi connectivity index (χ0n) is 18.0. The number of nitrogens with zero attached hydrogens (tertiary/aromatic N) is 2. The van der Waals surface area contributed by atoms with E-state index in [4.69, 9.17) is 0 Å². The smallest absolute Gasteiger partial charge is 0.253 e. The van der Waals surface area contributed by atoms with Crippen molar-refractivity contribution in [2.24, 2.45) is 0 Å². The lowest BCUT2D eigenvalue weighted by Crippen LogP contribution is -2.38. The van der Waals surface area contributed by atoms with Crippen LogP contribution >= 0.6 is 0 Å². The van der Waals surface area contributed by atoms with E-state index >= 15 is 0 Å². The number of carbonyl (C=O) groups is 1. The molecule has 0 bridgehead atoms. The van der Waals surface area contributed by atoms with Crippen LogP contribution in [0.2, 0.25) is 0 Å². The maximum Gasteiger partial charge on any atom is 0.253 e. The van der Waals surface area contributed by atoms with Gasteiger partial charge >= 0.3 is 0 Å². The van der Waals surface area contributed by atoms with Crippen LogP contribution in [-0.4, -0.2) is 49.7 Å². The van der Waals surface area contributed by atoms with E-state index in [0.717, 1.165) is 38.8 Å². The summed E-state index contributed by atoms with van der Waals surface area (Å²) in [6.45, 7) is 6.40. The Morgan fingerprint density at radius 3 is 2.03 bits per heavy atom. The molecule has 6 heteroatoms. The maximum absolute atomic E-state index is 12.9. The van der Waals surface area contributed by atoms with Crippen molar-refractivity contribution in [1.82, 2.24) is 9.21 Å². The lowest BCUT2D eigenvalue weighted by Gasteiger charge is -2.32. The molecule has 3 rings (SSSR count). The van der Waals surface area contributed by atoms with Crippen LogP contribution in [0.4, 0.5) is 0 Å². The summed E-state index contributed by atoms with van der Waals surface area (Å²) < 4.78 is 27.3. The number of carbonyl (C=O) groups excluding carboxylic acids is 1. The van der Waals surface area contributed by atoms with Gasteiger partial charge in [0.25, 0.3) is 5.91 Å². The molecule has 0 saturated carbocycles.